The van der Waals surface area contributed by atoms with Crippen molar-refractivity contribution in [1.82, 2.24) is 9.97 Å². The van der Waals surface area contributed by atoms with Crippen molar-refractivity contribution in [2.45, 2.75) is 39.2 Å². The maximum Gasteiger partial charge on any atom is 0.232 e. The second-order valence-electron chi connectivity index (χ2n) is 3.94. The molecule has 0 unspecified atom stereocenters. The van der Waals surface area contributed by atoms with Gasteiger partial charge >= 0.3 is 0 Å². The van der Waals surface area contributed by atoms with Gasteiger partial charge in [-0.2, -0.15) is 4.98 Å². The van der Waals surface area contributed by atoms with Gasteiger partial charge in [-0.3, -0.25) is 0 Å². The normalized spacial score (nSPS) is 11.3. The van der Waals surface area contributed by atoms with Crippen LogP contribution < -0.4 is 10.1 Å². The van der Waals surface area contributed by atoms with E-state index in [2.05, 4.69) is 52.0 Å². The monoisotopic (exact) mass is 287 g/mol. The molecular weight excluding hydrogens is 270 g/mol. The number of halogens is 1. The third kappa shape index (κ3) is 3.07. The molecular formula is C11H18BrN3O. The van der Waals surface area contributed by atoms with Crippen molar-refractivity contribution in [1.29, 1.82) is 0 Å². The molecule has 0 saturated heterocycles. The summed E-state index contributed by atoms with van der Waals surface area (Å²) < 4.78 is 5.89. The lowest BCUT2D eigenvalue weighted by molar-refractivity contribution is 0.393. The van der Waals surface area contributed by atoms with Crippen LogP contribution in [0.3, 0.4) is 0 Å². The Morgan fingerprint density at radius 3 is 2.56 bits per heavy atom. The van der Waals surface area contributed by atoms with Gasteiger partial charge in [0.15, 0.2) is 0 Å². The molecule has 1 N–H and O–H groups in total. The summed E-state index contributed by atoms with van der Waals surface area (Å²) in [7, 11) is 1.59. The van der Waals surface area contributed by atoms with E-state index in [9.17, 15) is 0 Å². The molecule has 0 spiro atoms. The Morgan fingerprint density at radius 1 is 1.44 bits per heavy atom. The first-order valence-corrected chi connectivity index (χ1v) is 6.18. The summed E-state index contributed by atoms with van der Waals surface area (Å²) >= 11 is 3.33. The molecule has 4 nitrogen and oxygen atoms in total. The predicted molar refractivity (Wildman–Crippen MR) is 68.9 cm³/mol. The summed E-state index contributed by atoms with van der Waals surface area (Å²) in [4.78, 5) is 8.50. The molecule has 0 aromatic carbocycles. The molecule has 0 fully saturated rings. The molecule has 5 heteroatoms. The van der Waals surface area contributed by atoms with E-state index in [-0.39, 0.29) is 5.54 Å². The lowest BCUT2D eigenvalue weighted by Gasteiger charge is -2.28. The second-order valence-corrected chi connectivity index (χ2v) is 4.80. The first kappa shape index (κ1) is 13.2. The van der Waals surface area contributed by atoms with Crippen LogP contribution in [0.5, 0.6) is 5.88 Å². The van der Waals surface area contributed by atoms with Gasteiger partial charge in [-0.05, 0) is 35.7 Å². The van der Waals surface area contributed by atoms with Crippen LogP contribution >= 0.6 is 15.9 Å². The lowest BCUT2D eigenvalue weighted by atomic mass is 9.96. The smallest absolute Gasteiger partial charge is 0.232 e. The van der Waals surface area contributed by atoms with Gasteiger partial charge < -0.3 is 10.1 Å². The van der Waals surface area contributed by atoms with E-state index in [1.165, 1.54) is 0 Å². The Bertz CT molecular complexity index is 353. The quantitative estimate of drug-likeness (QED) is 0.903. The zero-order chi connectivity index (χ0) is 12.2. The van der Waals surface area contributed by atoms with Gasteiger partial charge in [0, 0.05) is 5.54 Å². The van der Waals surface area contributed by atoms with E-state index in [1.54, 1.807) is 13.3 Å². The van der Waals surface area contributed by atoms with Gasteiger partial charge in [0.2, 0.25) is 11.8 Å². The number of methoxy groups -OCH3 is 1. The topological polar surface area (TPSA) is 47.0 Å². The maximum absolute atomic E-state index is 5.13. The summed E-state index contributed by atoms with van der Waals surface area (Å²) in [5.41, 5.74) is 0.0266. The van der Waals surface area contributed by atoms with Crippen molar-refractivity contribution in [3.05, 3.63) is 10.7 Å². The minimum absolute atomic E-state index is 0.0266. The molecule has 1 aromatic heterocycles. The highest BCUT2D eigenvalue weighted by Crippen LogP contribution is 2.24. The van der Waals surface area contributed by atoms with Gasteiger partial charge in [-0.15, -0.1) is 0 Å². The summed E-state index contributed by atoms with van der Waals surface area (Å²) in [6, 6.07) is 0. The number of rotatable bonds is 5. The fourth-order valence-corrected chi connectivity index (χ4v) is 1.60. The first-order valence-electron chi connectivity index (χ1n) is 5.39. The Balaban J connectivity index is 2.89. The molecule has 1 aromatic rings. The minimum Gasteiger partial charge on any atom is -0.480 e. The molecule has 0 radical (unpaired) electrons. The predicted octanol–water partition coefficient (Wildman–Crippen LogP) is 3.24. The fourth-order valence-electron chi connectivity index (χ4n) is 1.25. The van der Waals surface area contributed by atoms with E-state index < -0.39 is 0 Å². The first-order chi connectivity index (χ1) is 7.54. The largest absolute Gasteiger partial charge is 0.480 e. The molecule has 0 atom stereocenters. The van der Waals surface area contributed by atoms with Crippen LogP contribution in [0.15, 0.2) is 10.7 Å². The molecule has 0 aliphatic carbocycles. The Hall–Kier alpha value is -0.840. The summed E-state index contributed by atoms with van der Waals surface area (Å²) in [6.07, 6.45) is 3.73. The highest BCUT2D eigenvalue weighted by Gasteiger charge is 2.20. The summed E-state index contributed by atoms with van der Waals surface area (Å²) in [5, 5.41) is 3.33. The molecule has 0 aliphatic heterocycles. The Morgan fingerprint density at radius 2 is 2.06 bits per heavy atom. The van der Waals surface area contributed by atoms with Crippen LogP contribution in [0.4, 0.5) is 5.95 Å². The maximum atomic E-state index is 5.13. The average molecular weight is 288 g/mol. The second kappa shape index (κ2) is 5.48. The minimum atomic E-state index is 0.0266. The van der Waals surface area contributed by atoms with Crippen LogP contribution in [0.25, 0.3) is 0 Å². The molecule has 1 heterocycles. The molecule has 90 valence electrons. The highest BCUT2D eigenvalue weighted by atomic mass is 79.9. The van der Waals surface area contributed by atoms with Gasteiger partial charge in [0.25, 0.3) is 0 Å². The molecule has 0 amide bonds. The Labute approximate surface area is 105 Å². The SMILES string of the molecule is CCC(C)(CC)Nc1ncc(Br)c(OC)n1. The van der Waals surface area contributed by atoms with E-state index >= 15 is 0 Å². The van der Waals surface area contributed by atoms with E-state index in [4.69, 9.17) is 4.74 Å². The van der Waals surface area contributed by atoms with Crippen LogP contribution in [0, 0.1) is 0 Å². The summed E-state index contributed by atoms with van der Waals surface area (Å²) in [5.74, 6) is 1.15. The zero-order valence-electron chi connectivity index (χ0n) is 10.2. The standard InChI is InChI=1S/C11H18BrN3O/c1-5-11(3,6-2)15-10-13-7-8(12)9(14-10)16-4/h7H,5-6H2,1-4H3,(H,13,14,15). The lowest BCUT2D eigenvalue weighted by Crippen LogP contribution is -2.33. The number of hydrogen-bond acceptors (Lipinski definition) is 4. The van der Waals surface area contributed by atoms with Crippen molar-refractivity contribution in [3.63, 3.8) is 0 Å². The molecule has 1 rings (SSSR count). The van der Waals surface area contributed by atoms with Crippen molar-refractivity contribution < 1.29 is 4.74 Å². The van der Waals surface area contributed by atoms with E-state index in [1.807, 2.05) is 0 Å². The molecule has 0 saturated carbocycles. The number of nitrogens with one attached hydrogen (secondary N) is 1. The number of aromatic nitrogens is 2. The van der Waals surface area contributed by atoms with Gasteiger partial charge in [0.05, 0.1) is 17.8 Å². The Kier molecular flexibility index (Phi) is 4.53. The van der Waals surface area contributed by atoms with Crippen molar-refractivity contribution >= 4 is 21.9 Å². The van der Waals surface area contributed by atoms with Gasteiger partial charge in [0.1, 0.15) is 0 Å². The number of hydrogen-bond donors (Lipinski definition) is 1. The number of ether oxygens (including phenoxy) is 1. The third-order valence-electron chi connectivity index (χ3n) is 2.88. The number of nitrogens with zero attached hydrogens (tertiary/aromatic N) is 2. The van der Waals surface area contributed by atoms with Crippen molar-refractivity contribution in [2.24, 2.45) is 0 Å². The average Bonchev–Trinajstić information content (AvgIpc) is 2.31. The zero-order valence-corrected chi connectivity index (χ0v) is 11.8. The highest BCUT2D eigenvalue weighted by molar-refractivity contribution is 9.10. The van der Waals surface area contributed by atoms with Crippen molar-refractivity contribution in [2.75, 3.05) is 12.4 Å². The number of anilines is 1. The van der Waals surface area contributed by atoms with Crippen LogP contribution in [-0.2, 0) is 0 Å². The van der Waals surface area contributed by atoms with Crippen LogP contribution in [0.1, 0.15) is 33.6 Å². The van der Waals surface area contributed by atoms with Gasteiger partial charge in [-0.1, -0.05) is 13.8 Å². The van der Waals surface area contributed by atoms with Crippen LogP contribution in [0.2, 0.25) is 0 Å². The van der Waals surface area contributed by atoms with Gasteiger partial charge in [-0.25, -0.2) is 4.98 Å². The third-order valence-corrected chi connectivity index (χ3v) is 3.42. The fraction of sp³-hybridized carbons (Fsp3) is 0.636. The summed E-state index contributed by atoms with van der Waals surface area (Å²) in [6.45, 7) is 6.45. The van der Waals surface area contributed by atoms with Crippen LogP contribution in [-0.4, -0.2) is 22.6 Å². The molecule has 0 bridgehead atoms. The van der Waals surface area contributed by atoms with Crippen molar-refractivity contribution in [3.8, 4) is 5.88 Å². The molecule has 0 aliphatic rings. The van der Waals surface area contributed by atoms with E-state index in [0.717, 1.165) is 17.3 Å². The molecule has 16 heavy (non-hydrogen) atoms. The van der Waals surface area contributed by atoms with E-state index in [0.29, 0.717) is 11.8 Å².